The number of hydrogen-bond donors (Lipinski definition) is 1. The zero-order valence-electron chi connectivity index (χ0n) is 15.6. The first-order valence-electron chi connectivity index (χ1n) is 8.34. The summed E-state index contributed by atoms with van der Waals surface area (Å²) in [7, 11) is -3.28. The number of rotatable bonds is 7. The highest BCUT2D eigenvalue weighted by Gasteiger charge is 2.32. The van der Waals surface area contributed by atoms with Crippen molar-refractivity contribution in [2.75, 3.05) is 13.7 Å². The van der Waals surface area contributed by atoms with Crippen LogP contribution in [0.4, 0.5) is 4.79 Å². The van der Waals surface area contributed by atoms with E-state index in [0.717, 1.165) is 5.56 Å². The van der Waals surface area contributed by atoms with Crippen molar-refractivity contribution in [2.45, 2.75) is 11.4 Å². The van der Waals surface area contributed by atoms with Gasteiger partial charge in [-0.25, -0.2) is 13.2 Å². The molecule has 0 aliphatic heterocycles. The third-order valence-corrected chi connectivity index (χ3v) is 5.70. The van der Waals surface area contributed by atoms with E-state index in [2.05, 4.69) is 20.4 Å². The highest BCUT2D eigenvalue weighted by atomic mass is 32.2. The highest BCUT2D eigenvalue weighted by Crippen LogP contribution is 2.30. The second-order valence-corrected chi connectivity index (χ2v) is 7.65. The fourth-order valence-corrected chi connectivity index (χ4v) is 3.84. The minimum Gasteiger partial charge on any atom is -0.495 e. The standard InChI is InChI=1S/C17H15N7O5S/c1-29-14-10-13(2-3-15(14)30(27,28)23(9-6-18)17(25)26)16-20-22-24(21-16)11-12-4-7-19-8-5-12/h2-5,7-8,10H,9,11H2,1H3,(H,25,26). The van der Waals surface area contributed by atoms with Gasteiger partial charge in [-0.05, 0) is 41.1 Å². The molecule has 0 saturated heterocycles. The van der Waals surface area contributed by atoms with Crippen LogP contribution in [0.15, 0.2) is 47.6 Å². The summed E-state index contributed by atoms with van der Waals surface area (Å²) in [5.41, 5.74) is 1.33. The van der Waals surface area contributed by atoms with Crippen molar-refractivity contribution in [1.29, 1.82) is 5.26 Å². The van der Waals surface area contributed by atoms with Crippen LogP contribution in [0.5, 0.6) is 5.75 Å². The number of aromatic nitrogens is 5. The van der Waals surface area contributed by atoms with E-state index >= 15 is 0 Å². The van der Waals surface area contributed by atoms with Crippen LogP contribution in [-0.2, 0) is 16.6 Å². The number of benzene rings is 1. The van der Waals surface area contributed by atoms with Crippen molar-refractivity contribution in [3.8, 4) is 23.2 Å². The molecule has 0 saturated carbocycles. The van der Waals surface area contributed by atoms with Crippen molar-refractivity contribution in [2.24, 2.45) is 0 Å². The van der Waals surface area contributed by atoms with Gasteiger partial charge in [0.15, 0.2) is 0 Å². The molecule has 0 aliphatic carbocycles. The van der Waals surface area contributed by atoms with Crippen LogP contribution in [0.1, 0.15) is 5.56 Å². The molecule has 154 valence electrons. The Bertz CT molecular complexity index is 1200. The minimum atomic E-state index is -4.52. The quantitative estimate of drug-likeness (QED) is 0.535. The average molecular weight is 429 g/mol. The molecule has 3 rings (SSSR count). The first-order chi connectivity index (χ1) is 14.4. The predicted molar refractivity (Wildman–Crippen MR) is 101 cm³/mol. The molecule has 2 aromatic heterocycles. The molecule has 30 heavy (non-hydrogen) atoms. The predicted octanol–water partition coefficient (Wildman–Crippen LogP) is 0.984. The van der Waals surface area contributed by atoms with Gasteiger partial charge in [0, 0.05) is 18.0 Å². The van der Waals surface area contributed by atoms with Crippen LogP contribution in [0.3, 0.4) is 0 Å². The molecular formula is C17H15N7O5S. The van der Waals surface area contributed by atoms with Crippen molar-refractivity contribution in [3.05, 3.63) is 48.3 Å². The zero-order valence-corrected chi connectivity index (χ0v) is 16.4. The summed E-state index contributed by atoms with van der Waals surface area (Å²) in [6.45, 7) is -0.492. The molecule has 1 N–H and O–H groups in total. The molecule has 0 bridgehead atoms. The molecule has 13 heteroatoms. The van der Waals surface area contributed by atoms with Crippen molar-refractivity contribution in [3.63, 3.8) is 0 Å². The van der Waals surface area contributed by atoms with Crippen LogP contribution in [0.25, 0.3) is 11.4 Å². The normalized spacial score (nSPS) is 10.9. The van der Waals surface area contributed by atoms with Crippen LogP contribution in [0, 0.1) is 11.3 Å². The number of methoxy groups -OCH3 is 1. The number of sulfonamides is 1. The van der Waals surface area contributed by atoms with E-state index in [4.69, 9.17) is 15.1 Å². The third-order valence-electron chi connectivity index (χ3n) is 3.94. The van der Waals surface area contributed by atoms with Gasteiger partial charge >= 0.3 is 6.09 Å². The van der Waals surface area contributed by atoms with E-state index in [1.54, 1.807) is 24.5 Å². The number of nitriles is 1. The smallest absolute Gasteiger partial charge is 0.422 e. The number of nitrogens with zero attached hydrogens (tertiary/aromatic N) is 7. The van der Waals surface area contributed by atoms with Gasteiger partial charge in [0.05, 0.1) is 19.7 Å². The Balaban J connectivity index is 1.93. The number of hydrogen-bond acceptors (Lipinski definition) is 9. The number of amides is 1. The SMILES string of the molecule is COc1cc(-c2nnn(Cc3ccncc3)n2)ccc1S(=O)(=O)N(CC#N)C(=O)O. The average Bonchev–Trinajstić information content (AvgIpc) is 3.20. The molecular weight excluding hydrogens is 414 g/mol. The summed E-state index contributed by atoms with van der Waals surface area (Å²) in [6.07, 6.45) is 1.51. The largest absolute Gasteiger partial charge is 0.495 e. The molecule has 0 radical (unpaired) electrons. The van der Waals surface area contributed by atoms with Gasteiger partial charge in [-0.15, -0.1) is 10.2 Å². The number of tetrazole rings is 1. The van der Waals surface area contributed by atoms with Crippen molar-refractivity contribution >= 4 is 16.1 Å². The maximum atomic E-state index is 12.7. The Kier molecular flexibility index (Phi) is 5.88. The lowest BCUT2D eigenvalue weighted by atomic mass is 10.2. The van der Waals surface area contributed by atoms with E-state index < -0.39 is 27.6 Å². The Morgan fingerprint density at radius 1 is 1.30 bits per heavy atom. The number of ether oxygens (including phenoxy) is 1. The number of pyridine rings is 1. The van der Waals surface area contributed by atoms with Gasteiger partial charge in [0.1, 0.15) is 17.2 Å². The summed E-state index contributed by atoms with van der Waals surface area (Å²) in [4.78, 5) is 16.2. The van der Waals surface area contributed by atoms with Gasteiger partial charge in [0.2, 0.25) is 5.82 Å². The summed E-state index contributed by atoms with van der Waals surface area (Å²) >= 11 is 0. The van der Waals surface area contributed by atoms with Gasteiger partial charge in [-0.1, -0.05) is 0 Å². The fourth-order valence-electron chi connectivity index (χ4n) is 2.54. The molecule has 3 aromatic rings. The molecule has 0 unspecified atom stereocenters. The summed E-state index contributed by atoms with van der Waals surface area (Å²) in [6, 6.07) is 9.05. The maximum Gasteiger partial charge on any atom is 0.422 e. The second-order valence-electron chi connectivity index (χ2n) is 5.82. The minimum absolute atomic E-state index is 0.0355. The number of carbonyl (C=O) groups is 1. The first kappa shape index (κ1) is 20.7. The topological polar surface area (TPSA) is 164 Å². The Labute approximate surface area is 171 Å². The molecule has 0 aliphatic rings. The lowest BCUT2D eigenvalue weighted by Gasteiger charge is -2.18. The van der Waals surface area contributed by atoms with Crippen LogP contribution in [-0.4, -0.2) is 62.8 Å². The molecule has 0 spiro atoms. The van der Waals surface area contributed by atoms with Crippen molar-refractivity contribution < 1.29 is 23.1 Å². The molecule has 1 amide bonds. The Morgan fingerprint density at radius 2 is 2.03 bits per heavy atom. The first-order valence-corrected chi connectivity index (χ1v) is 9.78. The molecule has 12 nitrogen and oxygen atoms in total. The molecule has 2 heterocycles. The summed E-state index contributed by atoms with van der Waals surface area (Å²) in [5.74, 6) is 0.0978. The van der Waals surface area contributed by atoms with E-state index in [9.17, 15) is 13.2 Å². The van der Waals surface area contributed by atoms with Crippen molar-refractivity contribution in [1.82, 2.24) is 29.5 Å². The fraction of sp³-hybridized carbons (Fsp3) is 0.176. The van der Waals surface area contributed by atoms with Crippen LogP contribution in [0.2, 0.25) is 0 Å². The van der Waals surface area contributed by atoms with E-state index in [-0.39, 0.29) is 15.9 Å². The monoisotopic (exact) mass is 429 g/mol. The maximum absolute atomic E-state index is 12.7. The summed E-state index contributed by atoms with van der Waals surface area (Å²) < 4.78 is 30.5. The van der Waals surface area contributed by atoms with E-state index in [1.165, 1.54) is 36.2 Å². The molecule has 0 atom stereocenters. The van der Waals surface area contributed by atoms with Gasteiger partial charge in [0.25, 0.3) is 10.0 Å². The van der Waals surface area contributed by atoms with Crippen LogP contribution < -0.4 is 4.74 Å². The van der Waals surface area contributed by atoms with Gasteiger partial charge in [-0.3, -0.25) is 4.98 Å². The number of carboxylic acid groups (broad SMARTS) is 1. The Morgan fingerprint density at radius 3 is 2.67 bits per heavy atom. The highest BCUT2D eigenvalue weighted by molar-refractivity contribution is 7.89. The summed E-state index contributed by atoms with van der Waals surface area (Å²) in [5, 5.41) is 30.1. The van der Waals surface area contributed by atoms with E-state index in [1.807, 2.05) is 0 Å². The van der Waals surface area contributed by atoms with Gasteiger partial charge in [-0.2, -0.15) is 14.4 Å². The molecule has 0 fully saturated rings. The lowest BCUT2D eigenvalue weighted by Crippen LogP contribution is -2.36. The molecule has 1 aromatic carbocycles. The second kappa shape index (κ2) is 8.53. The lowest BCUT2D eigenvalue weighted by molar-refractivity contribution is 0.175. The third kappa shape index (κ3) is 4.18. The van der Waals surface area contributed by atoms with E-state index in [0.29, 0.717) is 12.1 Å². The van der Waals surface area contributed by atoms with Gasteiger partial charge < -0.3 is 9.84 Å². The Hall–Kier alpha value is -4.05. The van der Waals surface area contributed by atoms with Crippen LogP contribution >= 0.6 is 0 Å². The zero-order chi connectivity index (χ0) is 21.7.